The number of hydrogen-bond donors (Lipinski definition) is 1. The van der Waals surface area contributed by atoms with Crippen LogP contribution < -0.4 is 5.32 Å². The number of hydrogen-bond acceptors (Lipinski definition) is 2. The first-order valence-electron chi connectivity index (χ1n) is 6.82. The Labute approximate surface area is 119 Å². The quantitative estimate of drug-likeness (QED) is 0.834. The van der Waals surface area contributed by atoms with Gasteiger partial charge >= 0.3 is 0 Å². The summed E-state index contributed by atoms with van der Waals surface area (Å²) in [6.07, 6.45) is 0.931. The van der Waals surface area contributed by atoms with Crippen LogP contribution >= 0.6 is 0 Å². The van der Waals surface area contributed by atoms with Gasteiger partial charge in [0.05, 0.1) is 12.6 Å². The third kappa shape index (κ3) is 3.81. The average molecular weight is 273 g/mol. The van der Waals surface area contributed by atoms with Crippen LogP contribution in [0.25, 0.3) is 0 Å². The Hall–Kier alpha value is -1.87. The number of ether oxygens (including phenoxy) is 1. The Morgan fingerprint density at radius 2 is 1.90 bits per heavy atom. The van der Waals surface area contributed by atoms with E-state index in [4.69, 9.17) is 4.74 Å². The highest BCUT2D eigenvalue weighted by atomic mass is 19.1. The summed E-state index contributed by atoms with van der Waals surface area (Å²) in [4.78, 5) is 0. The third-order valence-electron chi connectivity index (χ3n) is 3.26. The van der Waals surface area contributed by atoms with Gasteiger partial charge in [-0.15, -0.1) is 0 Å². The lowest BCUT2D eigenvalue weighted by Crippen LogP contribution is -2.09. The van der Waals surface area contributed by atoms with Crippen LogP contribution in [0.15, 0.2) is 48.5 Å². The third-order valence-corrected chi connectivity index (χ3v) is 3.26. The molecule has 20 heavy (non-hydrogen) atoms. The van der Waals surface area contributed by atoms with Crippen LogP contribution in [0.2, 0.25) is 0 Å². The maximum absolute atomic E-state index is 13.0. The van der Waals surface area contributed by atoms with Crippen molar-refractivity contribution in [2.75, 3.05) is 12.4 Å². The van der Waals surface area contributed by atoms with Crippen LogP contribution in [-0.2, 0) is 11.3 Å². The summed E-state index contributed by atoms with van der Waals surface area (Å²) in [5, 5.41) is 3.49. The number of halogens is 1. The Morgan fingerprint density at radius 3 is 2.55 bits per heavy atom. The molecular weight excluding hydrogens is 253 g/mol. The van der Waals surface area contributed by atoms with Crippen LogP contribution in [0.1, 0.15) is 30.5 Å². The standard InChI is InChI=1S/C17H20FNO/c1-3-17(14-7-9-15(18)10-8-14)19-16-6-4-5-13(11-16)12-20-2/h4-11,17,19H,3,12H2,1-2H3. The van der Waals surface area contributed by atoms with Crippen molar-refractivity contribution in [2.24, 2.45) is 0 Å². The number of nitrogens with one attached hydrogen (secondary N) is 1. The molecule has 0 saturated carbocycles. The molecule has 2 aromatic rings. The molecule has 106 valence electrons. The van der Waals surface area contributed by atoms with Gasteiger partial charge in [0.25, 0.3) is 0 Å². The number of anilines is 1. The summed E-state index contributed by atoms with van der Waals surface area (Å²) in [5.74, 6) is -0.203. The summed E-state index contributed by atoms with van der Waals surface area (Å²) in [6.45, 7) is 2.71. The Balaban J connectivity index is 2.13. The molecule has 0 spiro atoms. The SMILES string of the molecule is CCC(Nc1cccc(COC)c1)c1ccc(F)cc1. The highest BCUT2D eigenvalue weighted by molar-refractivity contribution is 5.47. The second kappa shape index (κ2) is 7.06. The fraction of sp³-hybridized carbons (Fsp3) is 0.294. The zero-order valence-electron chi connectivity index (χ0n) is 11.9. The van der Waals surface area contributed by atoms with Gasteiger partial charge in [0, 0.05) is 12.8 Å². The van der Waals surface area contributed by atoms with E-state index in [9.17, 15) is 4.39 Å². The minimum absolute atomic E-state index is 0.174. The molecule has 0 heterocycles. The molecule has 2 aromatic carbocycles. The second-order valence-electron chi connectivity index (χ2n) is 4.79. The van der Waals surface area contributed by atoms with Crippen molar-refractivity contribution in [3.05, 3.63) is 65.5 Å². The van der Waals surface area contributed by atoms with Gasteiger partial charge in [-0.3, -0.25) is 0 Å². The summed E-state index contributed by atoms with van der Waals surface area (Å²) in [5.41, 5.74) is 3.27. The maximum atomic E-state index is 13.0. The Bertz CT molecular complexity index is 539. The van der Waals surface area contributed by atoms with Gasteiger partial charge in [0.15, 0.2) is 0 Å². The number of rotatable bonds is 6. The first-order chi connectivity index (χ1) is 9.72. The minimum Gasteiger partial charge on any atom is -0.380 e. The fourth-order valence-electron chi connectivity index (χ4n) is 2.23. The monoisotopic (exact) mass is 273 g/mol. The van der Waals surface area contributed by atoms with E-state index in [1.165, 1.54) is 12.1 Å². The van der Waals surface area contributed by atoms with Crippen molar-refractivity contribution < 1.29 is 9.13 Å². The number of methoxy groups -OCH3 is 1. The molecule has 0 aliphatic carbocycles. The van der Waals surface area contributed by atoms with Crippen molar-refractivity contribution in [3.8, 4) is 0 Å². The van der Waals surface area contributed by atoms with E-state index in [1.807, 2.05) is 30.3 Å². The largest absolute Gasteiger partial charge is 0.380 e. The highest BCUT2D eigenvalue weighted by Gasteiger charge is 2.09. The van der Waals surface area contributed by atoms with E-state index in [0.717, 1.165) is 23.2 Å². The molecule has 0 radical (unpaired) electrons. The van der Waals surface area contributed by atoms with Crippen LogP contribution in [0.3, 0.4) is 0 Å². The molecule has 3 heteroatoms. The van der Waals surface area contributed by atoms with Crippen LogP contribution in [-0.4, -0.2) is 7.11 Å². The first kappa shape index (κ1) is 14.5. The molecule has 0 aromatic heterocycles. The fourth-order valence-corrected chi connectivity index (χ4v) is 2.23. The molecule has 1 unspecified atom stereocenters. The molecule has 1 atom stereocenters. The predicted molar refractivity (Wildman–Crippen MR) is 80.2 cm³/mol. The molecule has 0 aliphatic rings. The maximum Gasteiger partial charge on any atom is 0.123 e. The molecule has 0 amide bonds. The molecule has 0 aliphatic heterocycles. The van der Waals surface area contributed by atoms with Gasteiger partial charge in [-0.2, -0.15) is 0 Å². The molecule has 0 bridgehead atoms. The molecular formula is C17H20FNO. The van der Waals surface area contributed by atoms with E-state index >= 15 is 0 Å². The molecule has 1 N–H and O–H groups in total. The van der Waals surface area contributed by atoms with Crippen molar-refractivity contribution in [1.29, 1.82) is 0 Å². The molecule has 0 saturated heterocycles. The lowest BCUT2D eigenvalue weighted by Gasteiger charge is -2.19. The molecule has 2 nitrogen and oxygen atoms in total. The summed E-state index contributed by atoms with van der Waals surface area (Å²) in [7, 11) is 1.69. The van der Waals surface area contributed by atoms with Gasteiger partial charge in [0.2, 0.25) is 0 Å². The Morgan fingerprint density at radius 1 is 1.15 bits per heavy atom. The van der Waals surface area contributed by atoms with Crippen LogP contribution in [0, 0.1) is 5.82 Å². The van der Waals surface area contributed by atoms with Gasteiger partial charge in [-0.05, 0) is 41.8 Å². The zero-order chi connectivity index (χ0) is 14.4. The summed E-state index contributed by atoms with van der Waals surface area (Å²) in [6, 6.07) is 15.0. The van der Waals surface area contributed by atoms with Gasteiger partial charge in [-0.25, -0.2) is 4.39 Å². The predicted octanol–water partition coefficient (Wildman–Crippen LogP) is 4.54. The van der Waals surface area contributed by atoms with E-state index in [0.29, 0.717) is 6.61 Å². The van der Waals surface area contributed by atoms with Crippen LogP contribution in [0.5, 0.6) is 0 Å². The van der Waals surface area contributed by atoms with E-state index in [1.54, 1.807) is 7.11 Å². The lowest BCUT2D eigenvalue weighted by atomic mass is 10.0. The zero-order valence-corrected chi connectivity index (χ0v) is 11.9. The topological polar surface area (TPSA) is 21.3 Å². The normalized spacial score (nSPS) is 12.2. The lowest BCUT2D eigenvalue weighted by molar-refractivity contribution is 0.185. The van der Waals surface area contributed by atoms with Gasteiger partial charge in [-0.1, -0.05) is 31.2 Å². The van der Waals surface area contributed by atoms with E-state index in [2.05, 4.69) is 18.3 Å². The van der Waals surface area contributed by atoms with Crippen molar-refractivity contribution in [2.45, 2.75) is 26.0 Å². The highest BCUT2D eigenvalue weighted by Crippen LogP contribution is 2.23. The van der Waals surface area contributed by atoms with Gasteiger partial charge in [0.1, 0.15) is 5.82 Å². The Kier molecular flexibility index (Phi) is 5.13. The number of benzene rings is 2. The van der Waals surface area contributed by atoms with Crippen LogP contribution in [0.4, 0.5) is 10.1 Å². The second-order valence-corrected chi connectivity index (χ2v) is 4.79. The smallest absolute Gasteiger partial charge is 0.123 e. The summed E-state index contributed by atoms with van der Waals surface area (Å²) < 4.78 is 18.1. The average Bonchev–Trinajstić information content (AvgIpc) is 2.47. The van der Waals surface area contributed by atoms with Crippen molar-refractivity contribution in [1.82, 2.24) is 0 Å². The minimum atomic E-state index is -0.203. The van der Waals surface area contributed by atoms with E-state index < -0.39 is 0 Å². The van der Waals surface area contributed by atoms with Gasteiger partial charge < -0.3 is 10.1 Å². The first-order valence-corrected chi connectivity index (χ1v) is 6.82. The van der Waals surface area contributed by atoms with Crippen molar-refractivity contribution >= 4 is 5.69 Å². The summed E-state index contributed by atoms with van der Waals surface area (Å²) >= 11 is 0. The van der Waals surface area contributed by atoms with Crippen molar-refractivity contribution in [3.63, 3.8) is 0 Å². The van der Waals surface area contributed by atoms with E-state index in [-0.39, 0.29) is 11.9 Å². The molecule has 0 fully saturated rings. The molecule has 2 rings (SSSR count).